The first-order chi connectivity index (χ1) is 14.5. The standard InChI is InChI=1S/C23H33N3O4/c1-3-17(2)21(24-20(27)16-30-15-18-7-5-4-6-8-18)23(29)26-13-11-25(12-14-26)22(28)19-9-10-19/h4-8,17,19,21H,3,9-16H2,1-2H3,(H,24,27). The highest BCUT2D eigenvalue weighted by Gasteiger charge is 2.37. The number of amides is 3. The summed E-state index contributed by atoms with van der Waals surface area (Å²) in [6.07, 6.45) is 2.76. The predicted molar refractivity (Wildman–Crippen MR) is 113 cm³/mol. The van der Waals surface area contributed by atoms with E-state index < -0.39 is 6.04 Å². The molecule has 164 valence electrons. The quantitative estimate of drug-likeness (QED) is 0.667. The first-order valence-corrected chi connectivity index (χ1v) is 11.0. The van der Waals surface area contributed by atoms with Gasteiger partial charge in [0.15, 0.2) is 0 Å². The van der Waals surface area contributed by atoms with Crippen LogP contribution in [0.4, 0.5) is 0 Å². The minimum Gasteiger partial charge on any atom is -0.367 e. The van der Waals surface area contributed by atoms with Crippen LogP contribution in [0.15, 0.2) is 30.3 Å². The molecule has 0 radical (unpaired) electrons. The fraction of sp³-hybridized carbons (Fsp3) is 0.609. The third-order valence-corrected chi connectivity index (χ3v) is 5.97. The average molecular weight is 416 g/mol. The SMILES string of the molecule is CCC(C)C(NC(=O)COCc1ccccc1)C(=O)N1CCN(C(=O)C2CC2)CC1. The van der Waals surface area contributed by atoms with Gasteiger partial charge in [-0.1, -0.05) is 50.6 Å². The van der Waals surface area contributed by atoms with Crippen molar-refractivity contribution in [3.8, 4) is 0 Å². The Morgan fingerprint density at radius 2 is 1.70 bits per heavy atom. The molecule has 0 aromatic heterocycles. The lowest BCUT2D eigenvalue weighted by atomic mass is 9.97. The number of carbonyl (C=O) groups excluding carboxylic acids is 3. The lowest BCUT2D eigenvalue weighted by molar-refractivity contribution is -0.143. The van der Waals surface area contributed by atoms with Crippen molar-refractivity contribution < 1.29 is 19.1 Å². The van der Waals surface area contributed by atoms with Crippen LogP contribution in [0.1, 0.15) is 38.7 Å². The molecule has 1 saturated carbocycles. The zero-order valence-corrected chi connectivity index (χ0v) is 18.0. The summed E-state index contributed by atoms with van der Waals surface area (Å²) in [6, 6.07) is 9.09. The largest absolute Gasteiger partial charge is 0.367 e. The topological polar surface area (TPSA) is 79.0 Å². The number of hydrogen-bond donors (Lipinski definition) is 1. The van der Waals surface area contributed by atoms with Gasteiger partial charge < -0.3 is 19.9 Å². The van der Waals surface area contributed by atoms with Crippen LogP contribution in [0.25, 0.3) is 0 Å². The van der Waals surface area contributed by atoms with Crippen molar-refractivity contribution in [1.82, 2.24) is 15.1 Å². The molecule has 0 spiro atoms. The maximum Gasteiger partial charge on any atom is 0.246 e. The number of rotatable bonds is 9. The van der Waals surface area contributed by atoms with Crippen LogP contribution in [0.3, 0.4) is 0 Å². The van der Waals surface area contributed by atoms with Gasteiger partial charge >= 0.3 is 0 Å². The van der Waals surface area contributed by atoms with Crippen molar-refractivity contribution in [2.24, 2.45) is 11.8 Å². The number of nitrogens with one attached hydrogen (secondary N) is 1. The lowest BCUT2D eigenvalue weighted by Crippen LogP contribution is -2.57. The van der Waals surface area contributed by atoms with Gasteiger partial charge in [0.1, 0.15) is 12.6 Å². The highest BCUT2D eigenvalue weighted by Crippen LogP contribution is 2.31. The molecule has 2 aliphatic rings. The van der Waals surface area contributed by atoms with Gasteiger partial charge in [-0.15, -0.1) is 0 Å². The minimum atomic E-state index is -0.575. The number of hydrogen-bond acceptors (Lipinski definition) is 4. The molecule has 1 heterocycles. The average Bonchev–Trinajstić information content (AvgIpc) is 3.62. The first-order valence-electron chi connectivity index (χ1n) is 11.0. The van der Waals surface area contributed by atoms with E-state index in [0.29, 0.717) is 32.8 Å². The molecule has 3 amide bonds. The predicted octanol–water partition coefficient (Wildman–Crippen LogP) is 1.81. The summed E-state index contributed by atoms with van der Waals surface area (Å²) in [6.45, 7) is 6.43. The van der Waals surface area contributed by atoms with Gasteiger partial charge in [0.2, 0.25) is 17.7 Å². The zero-order valence-electron chi connectivity index (χ0n) is 18.0. The second kappa shape index (κ2) is 10.6. The summed E-state index contributed by atoms with van der Waals surface area (Å²) < 4.78 is 5.51. The Labute approximate surface area is 178 Å². The summed E-state index contributed by atoms with van der Waals surface area (Å²) in [4.78, 5) is 41.4. The van der Waals surface area contributed by atoms with Crippen LogP contribution in [0.2, 0.25) is 0 Å². The van der Waals surface area contributed by atoms with Gasteiger partial charge in [0, 0.05) is 32.1 Å². The molecule has 3 rings (SSSR count). The molecular formula is C23H33N3O4. The second-order valence-electron chi connectivity index (χ2n) is 8.33. The Kier molecular flexibility index (Phi) is 7.85. The summed E-state index contributed by atoms with van der Waals surface area (Å²) in [5.74, 6) is 0.0906. The van der Waals surface area contributed by atoms with Crippen LogP contribution in [0.5, 0.6) is 0 Å². The van der Waals surface area contributed by atoms with E-state index >= 15 is 0 Å². The maximum atomic E-state index is 13.1. The molecule has 0 bridgehead atoms. The van der Waals surface area contributed by atoms with Gasteiger partial charge in [0.25, 0.3) is 0 Å². The molecule has 1 N–H and O–H groups in total. The fourth-order valence-corrected chi connectivity index (χ4v) is 3.67. The van der Waals surface area contributed by atoms with Crippen LogP contribution >= 0.6 is 0 Å². The van der Waals surface area contributed by atoms with Crippen LogP contribution in [0, 0.1) is 11.8 Å². The summed E-state index contributed by atoms with van der Waals surface area (Å²) in [7, 11) is 0. The summed E-state index contributed by atoms with van der Waals surface area (Å²) >= 11 is 0. The smallest absolute Gasteiger partial charge is 0.246 e. The molecule has 1 aliphatic heterocycles. The van der Waals surface area contributed by atoms with Gasteiger partial charge in [0.05, 0.1) is 6.61 Å². The summed E-state index contributed by atoms with van der Waals surface area (Å²) in [5, 5.41) is 2.88. The molecule has 1 saturated heterocycles. The molecule has 2 atom stereocenters. The molecular weight excluding hydrogens is 382 g/mol. The number of benzene rings is 1. The minimum absolute atomic E-state index is 0.0155. The van der Waals surface area contributed by atoms with Crippen molar-refractivity contribution in [1.29, 1.82) is 0 Å². The fourth-order valence-electron chi connectivity index (χ4n) is 3.67. The first kappa shape index (κ1) is 22.3. The van der Waals surface area contributed by atoms with Crippen molar-refractivity contribution in [3.05, 3.63) is 35.9 Å². The third-order valence-electron chi connectivity index (χ3n) is 5.97. The van der Waals surface area contributed by atoms with E-state index in [2.05, 4.69) is 5.32 Å². The third kappa shape index (κ3) is 6.05. The number of nitrogens with zero attached hydrogens (tertiary/aromatic N) is 2. The van der Waals surface area contributed by atoms with Crippen molar-refractivity contribution in [3.63, 3.8) is 0 Å². The van der Waals surface area contributed by atoms with Crippen molar-refractivity contribution >= 4 is 17.7 Å². The van der Waals surface area contributed by atoms with Crippen LogP contribution < -0.4 is 5.32 Å². The van der Waals surface area contributed by atoms with E-state index in [1.165, 1.54) is 0 Å². The van der Waals surface area contributed by atoms with Gasteiger partial charge in [-0.2, -0.15) is 0 Å². The van der Waals surface area contributed by atoms with E-state index in [9.17, 15) is 14.4 Å². The highest BCUT2D eigenvalue weighted by atomic mass is 16.5. The van der Waals surface area contributed by atoms with Gasteiger partial charge in [-0.05, 0) is 24.3 Å². The Morgan fingerprint density at radius 1 is 1.07 bits per heavy atom. The Hall–Kier alpha value is -2.41. The number of ether oxygens (including phenoxy) is 1. The van der Waals surface area contributed by atoms with Crippen molar-refractivity contribution in [2.45, 2.75) is 45.8 Å². The molecule has 1 aromatic rings. The van der Waals surface area contributed by atoms with Gasteiger partial charge in [-0.25, -0.2) is 0 Å². The molecule has 30 heavy (non-hydrogen) atoms. The van der Waals surface area contributed by atoms with E-state index in [-0.39, 0.29) is 36.2 Å². The van der Waals surface area contributed by atoms with E-state index in [0.717, 1.165) is 24.8 Å². The molecule has 1 aromatic carbocycles. The Morgan fingerprint density at radius 3 is 2.30 bits per heavy atom. The molecule has 7 heteroatoms. The number of piperazine rings is 1. The monoisotopic (exact) mass is 415 g/mol. The van der Waals surface area contributed by atoms with E-state index in [1.54, 1.807) is 4.90 Å². The van der Waals surface area contributed by atoms with Crippen LogP contribution in [-0.4, -0.2) is 66.3 Å². The lowest BCUT2D eigenvalue weighted by Gasteiger charge is -2.37. The van der Waals surface area contributed by atoms with E-state index in [4.69, 9.17) is 4.74 Å². The van der Waals surface area contributed by atoms with Crippen LogP contribution in [-0.2, 0) is 25.7 Å². The van der Waals surface area contributed by atoms with Gasteiger partial charge in [-0.3, -0.25) is 14.4 Å². The Bertz CT molecular complexity index is 727. The second-order valence-corrected chi connectivity index (χ2v) is 8.33. The molecule has 1 aliphatic carbocycles. The zero-order chi connectivity index (χ0) is 21.5. The molecule has 7 nitrogen and oxygen atoms in total. The van der Waals surface area contributed by atoms with E-state index in [1.807, 2.05) is 49.1 Å². The maximum absolute atomic E-state index is 13.1. The summed E-state index contributed by atoms with van der Waals surface area (Å²) in [5.41, 5.74) is 0.999. The van der Waals surface area contributed by atoms with Crippen molar-refractivity contribution in [2.75, 3.05) is 32.8 Å². The molecule has 2 unspecified atom stereocenters. The number of carbonyl (C=O) groups is 3. The Balaban J connectivity index is 1.48. The molecule has 2 fully saturated rings. The normalized spacial score (nSPS) is 18.6. The highest BCUT2D eigenvalue weighted by molar-refractivity contribution is 5.88.